The first-order chi connectivity index (χ1) is 8.90. The predicted molar refractivity (Wildman–Crippen MR) is 72.8 cm³/mol. The molecule has 6 heteroatoms. The summed E-state index contributed by atoms with van der Waals surface area (Å²) in [7, 11) is 1.69. The zero-order valence-corrected chi connectivity index (χ0v) is 11.3. The minimum atomic E-state index is -1.16. The van der Waals surface area contributed by atoms with E-state index in [-0.39, 0.29) is 23.0 Å². The summed E-state index contributed by atoms with van der Waals surface area (Å²) in [6, 6.07) is 4.14. The maximum absolute atomic E-state index is 11.2. The van der Waals surface area contributed by atoms with Crippen LogP contribution in [0, 0.1) is 10.1 Å². The fourth-order valence-electron chi connectivity index (χ4n) is 2.05. The van der Waals surface area contributed by atoms with Crippen molar-refractivity contribution in [2.75, 3.05) is 11.9 Å². The molecular weight excluding hydrogens is 248 g/mol. The van der Waals surface area contributed by atoms with Gasteiger partial charge >= 0.3 is 5.97 Å². The van der Waals surface area contributed by atoms with Gasteiger partial charge < -0.3 is 10.0 Å². The van der Waals surface area contributed by atoms with Crippen LogP contribution in [0.5, 0.6) is 0 Å². The molecule has 0 amide bonds. The summed E-state index contributed by atoms with van der Waals surface area (Å²) in [4.78, 5) is 23.4. The highest BCUT2D eigenvalue weighted by Crippen LogP contribution is 2.33. The van der Waals surface area contributed by atoms with Crippen LogP contribution in [0.4, 0.5) is 11.4 Å². The molecule has 0 bridgehead atoms. The Morgan fingerprint density at radius 3 is 2.63 bits per heavy atom. The molecule has 104 valence electrons. The average molecular weight is 266 g/mol. The number of nitro benzene ring substituents is 1. The minimum Gasteiger partial charge on any atom is -0.478 e. The zero-order chi connectivity index (χ0) is 14.6. The number of benzene rings is 1. The van der Waals surface area contributed by atoms with Crippen molar-refractivity contribution in [2.45, 2.75) is 32.7 Å². The van der Waals surface area contributed by atoms with Crippen molar-refractivity contribution >= 4 is 17.3 Å². The van der Waals surface area contributed by atoms with Crippen molar-refractivity contribution in [3.8, 4) is 0 Å². The summed E-state index contributed by atoms with van der Waals surface area (Å²) in [5.41, 5.74) is -0.0500. The van der Waals surface area contributed by atoms with E-state index >= 15 is 0 Å². The van der Waals surface area contributed by atoms with Gasteiger partial charge in [-0.25, -0.2) is 4.79 Å². The summed E-state index contributed by atoms with van der Waals surface area (Å²) in [6.07, 6.45) is 1.76. The van der Waals surface area contributed by atoms with E-state index < -0.39 is 10.9 Å². The molecule has 0 saturated carbocycles. The minimum absolute atomic E-state index is 0.0317. The Kier molecular flexibility index (Phi) is 4.86. The molecule has 1 aromatic rings. The van der Waals surface area contributed by atoms with Crippen LogP contribution in [0.2, 0.25) is 0 Å². The van der Waals surface area contributed by atoms with Gasteiger partial charge in [0.15, 0.2) is 0 Å². The molecule has 1 rings (SSSR count). The maximum atomic E-state index is 11.2. The normalized spacial score (nSPS) is 11.9. The molecule has 0 heterocycles. The summed E-state index contributed by atoms with van der Waals surface area (Å²) in [5, 5.41) is 20.3. The van der Waals surface area contributed by atoms with Gasteiger partial charge in [0, 0.05) is 19.2 Å². The van der Waals surface area contributed by atoms with Crippen LogP contribution in [0.3, 0.4) is 0 Å². The van der Waals surface area contributed by atoms with E-state index in [0.717, 1.165) is 12.8 Å². The summed E-state index contributed by atoms with van der Waals surface area (Å²) in [6.45, 7) is 3.94. The molecule has 1 atom stereocenters. The lowest BCUT2D eigenvalue weighted by Crippen LogP contribution is -2.30. The molecule has 1 aromatic carbocycles. The third kappa shape index (κ3) is 3.21. The molecule has 0 aliphatic heterocycles. The van der Waals surface area contributed by atoms with Gasteiger partial charge in [0.2, 0.25) is 0 Å². The van der Waals surface area contributed by atoms with Gasteiger partial charge in [-0.3, -0.25) is 10.1 Å². The van der Waals surface area contributed by atoms with Crippen LogP contribution in [0.25, 0.3) is 0 Å². The number of hydrogen-bond acceptors (Lipinski definition) is 4. The smallest absolute Gasteiger partial charge is 0.338 e. The summed E-state index contributed by atoms with van der Waals surface area (Å²) < 4.78 is 0. The quantitative estimate of drug-likeness (QED) is 0.632. The standard InChI is InChI=1S/C13H18N2O4/c1-4-6-9(2)14(3)12-10(13(16)17)7-5-8-11(12)15(18)19/h5,7-9H,4,6H2,1-3H3,(H,16,17). The summed E-state index contributed by atoms with van der Waals surface area (Å²) >= 11 is 0. The second-order valence-corrected chi connectivity index (χ2v) is 4.48. The topological polar surface area (TPSA) is 83.7 Å². The van der Waals surface area contributed by atoms with Gasteiger partial charge in [0.05, 0.1) is 10.5 Å². The van der Waals surface area contributed by atoms with Gasteiger partial charge in [0.25, 0.3) is 5.69 Å². The highest BCUT2D eigenvalue weighted by atomic mass is 16.6. The number of carbonyl (C=O) groups is 1. The Morgan fingerprint density at radius 2 is 2.16 bits per heavy atom. The van der Waals surface area contributed by atoms with Gasteiger partial charge in [-0.1, -0.05) is 19.4 Å². The fraction of sp³-hybridized carbons (Fsp3) is 0.462. The number of hydrogen-bond donors (Lipinski definition) is 1. The van der Waals surface area contributed by atoms with E-state index in [0.29, 0.717) is 0 Å². The van der Waals surface area contributed by atoms with E-state index in [4.69, 9.17) is 0 Å². The van der Waals surface area contributed by atoms with Gasteiger partial charge in [0.1, 0.15) is 5.69 Å². The van der Waals surface area contributed by atoms with E-state index in [1.165, 1.54) is 18.2 Å². The zero-order valence-electron chi connectivity index (χ0n) is 11.3. The number of aromatic carboxylic acids is 1. The van der Waals surface area contributed by atoms with Crippen molar-refractivity contribution in [3.63, 3.8) is 0 Å². The Labute approximate surface area is 111 Å². The van der Waals surface area contributed by atoms with Crippen molar-refractivity contribution in [1.82, 2.24) is 0 Å². The number of carboxylic acid groups (broad SMARTS) is 1. The van der Waals surface area contributed by atoms with Crippen molar-refractivity contribution in [1.29, 1.82) is 0 Å². The molecule has 0 aromatic heterocycles. The van der Waals surface area contributed by atoms with Crippen LogP contribution in [-0.2, 0) is 0 Å². The molecule has 0 fully saturated rings. The SMILES string of the molecule is CCCC(C)N(C)c1c(C(=O)O)cccc1[N+](=O)[O-]. The lowest BCUT2D eigenvalue weighted by Gasteiger charge is -2.27. The average Bonchev–Trinajstić information content (AvgIpc) is 2.36. The molecule has 19 heavy (non-hydrogen) atoms. The van der Waals surface area contributed by atoms with Crippen LogP contribution in [0.1, 0.15) is 37.0 Å². The Bertz CT molecular complexity index is 455. The molecule has 0 aliphatic carbocycles. The van der Waals surface area contributed by atoms with E-state index in [1.807, 2.05) is 13.8 Å². The second-order valence-electron chi connectivity index (χ2n) is 4.48. The third-order valence-corrected chi connectivity index (χ3v) is 3.16. The third-order valence-electron chi connectivity index (χ3n) is 3.16. The highest BCUT2D eigenvalue weighted by Gasteiger charge is 2.26. The van der Waals surface area contributed by atoms with Crippen LogP contribution in [0.15, 0.2) is 18.2 Å². The number of anilines is 1. The highest BCUT2D eigenvalue weighted by molar-refractivity contribution is 5.97. The van der Waals surface area contributed by atoms with Gasteiger partial charge in [-0.05, 0) is 19.4 Å². The number of carboxylic acids is 1. The predicted octanol–water partition coefficient (Wildman–Crippen LogP) is 2.92. The number of rotatable bonds is 6. The Hall–Kier alpha value is -2.11. The Morgan fingerprint density at radius 1 is 1.53 bits per heavy atom. The first-order valence-corrected chi connectivity index (χ1v) is 6.13. The number of nitrogens with zero attached hydrogens (tertiary/aromatic N) is 2. The van der Waals surface area contributed by atoms with Crippen molar-refractivity contribution in [3.05, 3.63) is 33.9 Å². The molecule has 1 unspecified atom stereocenters. The van der Waals surface area contributed by atoms with E-state index in [9.17, 15) is 20.0 Å². The van der Waals surface area contributed by atoms with E-state index in [1.54, 1.807) is 11.9 Å². The number of nitro groups is 1. The Balaban J connectivity index is 3.36. The second kappa shape index (κ2) is 6.17. The largest absolute Gasteiger partial charge is 0.478 e. The molecule has 1 N–H and O–H groups in total. The molecule has 0 aliphatic rings. The molecule has 6 nitrogen and oxygen atoms in total. The van der Waals surface area contributed by atoms with Crippen LogP contribution in [-0.4, -0.2) is 29.1 Å². The molecule has 0 spiro atoms. The monoisotopic (exact) mass is 266 g/mol. The first-order valence-electron chi connectivity index (χ1n) is 6.13. The lowest BCUT2D eigenvalue weighted by atomic mass is 10.1. The lowest BCUT2D eigenvalue weighted by molar-refractivity contribution is -0.384. The van der Waals surface area contributed by atoms with Crippen LogP contribution < -0.4 is 4.90 Å². The summed E-state index contributed by atoms with van der Waals surface area (Å²) in [5.74, 6) is -1.16. The van der Waals surface area contributed by atoms with Gasteiger partial charge in [-0.2, -0.15) is 0 Å². The molecule has 0 saturated heterocycles. The van der Waals surface area contributed by atoms with E-state index in [2.05, 4.69) is 0 Å². The van der Waals surface area contributed by atoms with Gasteiger partial charge in [-0.15, -0.1) is 0 Å². The number of para-hydroxylation sites is 1. The van der Waals surface area contributed by atoms with Crippen molar-refractivity contribution in [2.24, 2.45) is 0 Å². The fourth-order valence-corrected chi connectivity index (χ4v) is 2.05. The molecule has 0 radical (unpaired) electrons. The first kappa shape index (κ1) is 14.9. The molecular formula is C13H18N2O4. The van der Waals surface area contributed by atoms with Crippen LogP contribution >= 0.6 is 0 Å². The maximum Gasteiger partial charge on any atom is 0.338 e. The van der Waals surface area contributed by atoms with Crippen molar-refractivity contribution < 1.29 is 14.8 Å².